The van der Waals surface area contributed by atoms with Crippen LogP contribution in [0.25, 0.3) is 0 Å². The van der Waals surface area contributed by atoms with E-state index in [1.807, 2.05) is 24.3 Å². The number of nitrogens with one attached hydrogen (secondary N) is 1. The molecule has 18 heavy (non-hydrogen) atoms. The molecule has 0 aliphatic carbocycles. The van der Waals surface area contributed by atoms with Gasteiger partial charge in [-0.3, -0.25) is 4.79 Å². The summed E-state index contributed by atoms with van der Waals surface area (Å²) in [6, 6.07) is 11.6. The molecule has 92 valence electrons. The van der Waals surface area contributed by atoms with Gasteiger partial charge in [-0.1, -0.05) is 6.07 Å². The molecule has 0 heterocycles. The number of hydrogen-bond donors (Lipinski definition) is 1. The summed E-state index contributed by atoms with van der Waals surface area (Å²) in [5, 5.41) is 2.74. The number of hydrogen-bond acceptors (Lipinski definition) is 1. The third kappa shape index (κ3) is 3.07. The molecule has 0 fully saturated rings. The molecule has 0 spiro atoms. The highest BCUT2D eigenvalue weighted by Gasteiger charge is 2.10. The van der Waals surface area contributed by atoms with Gasteiger partial charge >= 0.3 is 0 Å². The second-order valence-corrected chi connectivity index (χ2v) is 5.17. The van der Waals surface area contributed by atoms with Crippen molar-refractivity contribution in [2.45, 2.75) is 6.92 Å². The Morgan fingerprint density at radius 1 is 1.17 bits per heavy atom. The number of carbonyl (C=O) groups excluding carboxylic acids is 1. The fraction of sp³-hybridized carbons (Fsp3) is 0.0714. The van der Waals surface area contributed by atoms with E-state index in [-0.39, 0.29) is 5.91 Å². The maximum atomic E-state index is 13.1. The second kappa shape index (κ2) is 5.48. The van der Waals surface area contributed by atoms with Crippen molar-refractivity contribution in [2.24, 2.45) is 0 Å². The number of aryl methyl sites for hydroxylation is 1. The quantitative estimate of drug-likeness (QED) is 0.811. The van der Waals surface area contributed by atoms with E-state index in [2.05, 4.69) is 27.9 Å². The summed E-state index contributed by atoms with van der Waals surface area (Å²) in [6.45, 7) is 1.78. The Balaban J connectivity index is 2.21. The van der Waals surface area contributed by atoms with Crippen molar-refractivity contribution in [1.82, 2.24) is 0 Å². The monoisotopic (exact) mass is 355 g/mol. The number of amides is 1. The number of carbonyl (C=O) groups is 1. The molecule has 0 radical (unpaired) electrons. The summed E-state index contributed by atoms with van der Waals surface area (Å²) in [5.74, 6) is -0.707. The van der Waals surface area contributed by atoms with Crippen LogP contribution in [0.3, 0.4) is 0 Å². The van der Waals surface area contributed by atoms with Crippen LogP contribution in [-0.4, -0.2) is 5.91 Å². The van der Waals surface area contributed by atoms with Crippen molar-refractivity contribution in [3.63, 3.8) is 0 Å². The standard InChI is InChI=1S/C14H11FINO/c1-9-2-3-10(15)8-13(9)14(18)17-12-6-4-11(16)5-7-12/h2-8H,1H3,(H,17,18). The van der Waals surface area contributed by atoms with E-state index in [9.17, 15) is 9.18 Å². The maximum Gasteiger partial charge on any atom is 0.256 e. The largest absolute Gasteiger partial charge is 0.322 e. The first-order chi connectivity index (χ1) is 8.56. The lowest BCUT2D eigenvalue weighted by molar-refractivity contribution is 0.102. The van der Waals surface area contributed by atoms with Crippen LogP contribution in [0.5, 0.6) is 0 Å². The minimum atomic E-state index is -0.409. The molecular weight excluding hydrogens is 344 g/mol. The van der Waals surface area contributed by atoms with Gasteiger partial charge in [-0.15, -0.1) is 0 Å². The predicted octanol–water partition coefficient (Wildman–Crippen LogP) is 3.99. The van der Waals surface area contributed by atoms with Gasteiger partial charge < -0.3 is 5.32 Å². The first-order valence-electron chi connectivity index (χ1n) is 5.39. The molecule has 2 rings (SSSR count). The lowest BCUT2D eigenvalue weighted by Crippen LogP contribution is -2.13. The van der Waals surface area contributed by atoms with Gasteiger partial charge in [-0.25, -0.2) is 4.39 Å². The van der Waals surface area contributed by atoms with E-state index < -0.39 is 5.82 Å². The van der Waals surface area contributed by atoms with Gasteiger partial charge in [-0.05, 0) is 71.5 Å². The molecule has 0 aliphatic heterocycles. The summed E-state index contributed by atoms with van der Waals surface area (Å²) in [7, 11) is 0. The van der Waals surface area contributed by atoms with Gasteiger partial charge in [0, 0.05) is 14.8 Å². The zero-order chi connectivity index (χ0) is 13.1. The fourth-order valence-electron chi connectivity index (χ4n) is 1.57. The van der Waals surface area contributed by atoms with Gasteiger partial charge in [0.2, 0.25) is 0 Å². The van der Waals surface area contributed by atoms with Crippen LogP contribution < -0.4 is 5.32 Å². The molecule has 0 saturated carbocycles. The Hall–Kier alpha value is -1.43. The van der Waals surface area contributed by atoms with Crippen molar-refractivity contribution in [3.05, 3.63) is 63.0 Å². The molecular formula is C14H11FINO. The average molecular weight is 355 g/mol. The Kier molecular flexibility index (Phi) is 3.96. The topological polar surface area (TPSA) is 29.1 Å². The van der Waals surface area contributed by atoms with Crippen LogP contribution >= 0.6 is 22.6 Å². The molecule has 1 amide bonds. The zero-order valence-corrected chi connectivity index (χ0v) is 11.9. The molecule has 0 saturated heterocycles. The molecule has 4 heteroatoms. The molecule has 0 bridgehead atoms. The van der Waals surface area contributed by atoms with Crippen LogP contribution in [0.4, 0.5) is 10.1 Å². The van der Waals surface area contributed by atoms with E-state index in [4.69, 9.17) is 0 Å². The average Bonchev–Trinajstić information content (AvgIpc) is 2.35. The van der Waals surface area contributed by atoms with Gasteiger partial charge in [0.15, 0.2) is 0 Å². The normalized spacial score (nSPS) is 10.2. The number of halogens is 2. The maximum absolute atomic E-state index is 13.1. The highest BCUT2D eigenvalue weighted by Crippen LogP contribution is 2.15. The fourth-order valence-corrected chi connectivity index (χ4v) is 1.93. The van der Waals surface area contributed by atoms with Crippen LogP contribution in [0.1, 0.15) is 15.9 Å². The summed E-state index contributed by atoms with van der Waals surface area (Å²) in [4.78, 5) is 12.0. The second-order valence-electron chi connectivity index (χ2n) is 3.92. The third-order valence-corrected chi connectivity index (χ3v) is 3.27. The summed E-state index contributed by atoms with van der Waals surface area (Å²) < 4.78 is 14.2. The molecule has 2 aromatic rings. The predicted molar refractivity (Wildman–Crippen MR) is 78.2 cm³/mol. The van der Waals surface area contributed by atoms with E-state index in [1.54, 1.807) is 13.0 Å². The van der Waals surface area contributed by atoms with Crippen LogP contribution in [0, 0.1) is 16.3 Å². The van der Waals surface area contributed by atoms with E-state index in [0.717, 1.165) is 9.13 Å². The Morgan fingerprint density at radius 2 is 1.83 bits per heavy atom. The van der Waals surface area contributed by atoms with Gasteiger partial charge in [0.25, 0.3) is 5.91 Å². The first kappa shape index (κ1) is 13.0. The summed E-state index contributed by atoms with van der Waals surface area (Å²) >= 11 is 2.19. The van der Waals surface area contributed by atoms with Crippen molar-refractivity contribution in [1.29, 1.82) is 0 Å². The SMILES string of the molecule is Cc1ccc(F)cc1C(=O)Nc1ccc(I)cc1. The lowest BCUT2D eigenvalue weighted by atomic mass is 10.1. The Labute approximate surface area is 118 Å². The summed E-state index contributed by atoms with van der Waals surface area (Å²) in [5.41, 5.74) is 1.80. The van der Waals surface area contributed by atoms with Crippen molar-refractivity contribution in [3.8, 4) is 0 Å². The molecule has 0 aromatic heterocycles. The van der Waals surface area contributed by atoms with Crippen LogP contribution in [0.15, 0.2) is 42.5 Å². The third-order valence-electron chi connectivity index (χ3n) is 2.55. The molecule has 2 nitrogen and oxygen atoms in total. The molecule has 1 N–H and O–H groups in total. The zero-order valence-electron chi connectivity index (χ0n) is 9.71. The van der Waals surface area contributed by atoms with Crippen LogP contribution in [0.2, 0.25) is 0 Å². The Morgan fingerprint density at radius 3 is 2.50 bits per heavy atom. The van der Waals surface area contributed by atoms with Gasteiger partial charge in [0.1, 0.15) is 5.82 Å². The van der Waals surface area contributed by atoms with Crippen molar-refractivity contribution in [2.75, 3.05) is 5.32 Å². The van der Waals surface area contributed by atoms with E-state index in [1.165, 1.54) is 12.1 Å². The molecule has 0 aliphatic rings. The lowest BCUT2D eigenvalue weighted by Gasteiger charge is -2.07. The van der Waals surface area contributed by atoms with Crippen molar-refractivity contribution >= 4 is 34.2 Å². The number of rotatable bonds is 2. The van der Waals surface area contributed by atoms with E-state index >= 15 is 0 Å². The minimum absolute atomic E-state index is 0.298. The van der Waals surface area contributed by atoms with Crippen molar-refractivity contribution < 1.29 is 9.18 Å². The van der Waals surface area contributed by atoms with Gasteiger partial charge in [-0.2, -0.15) is 0 Å². The van der Waals surface area contributed by atoms with Gasteiger partial charge in [0.05, 0.1) is 0 Å². The molecule has 2 aromatic carbocycles. The Bertz CT molecular complexity index is 581. The molecule has 0 unspecified atom stereocenters. The van der Waals surface area contributed by atoms with Crippen LogP contribution in [-0.2, 0) is 0 Å². The highest BCUT2D eigenvalue weighted by molar-refractivity contribution is 14.1. The first-order valence-corrected chi connectivity index (χ1v) is 6.47. The highest BCUT2D eigenvalue weighted by atomic mass is 127. The van der Waals surface area contributed by atoms with E-state index in [0.29, 0.717) is 11.3 Å². The smallest absolute Gasteiger partial charge is 0.256 e. The summed E-state index contributed by atoms with van der Waals surface area (Å²) in [6.07, 6.45) is 0. The number of benzene rings is 2. The minimum Gasteiger partial charge on any atom is -0.322 e. The molecule has 0 atom stereocenters. The number of anilines is 1.